The first kappa shape index (κ1) is 26.9. The third kappa shape index (κ3) is 8.53. The number of carbonyl (C=O) groups is 1. The van der Waals surface area contributed by atoms with Gasteiger partial charge < -0.3 is 14.5 Å². The number of benzene rings is 2. The summed E-state index contributed by atoms with van der Waals surface area (Å²) < 4.78 is 11.5. The fraction of sp³-hybridized carbons (Fsp3) is 0.360. The van der Waals surface area contributed by atoms with Crippen LogP contribution in [0.1, 0.15) is 44.7 Å². The van der Waals surface area contributed by atoms with E-state index in [2.05, 4.69) is 15.2 Å². The van der Waals surface area contributed by atoms with Crippen molar-refractivity contribution in [3.8, 4) is 17.2 Å². The lowest BCUT2D eigenvalue weighted by Crippen LogP contribution is -2.17. The van der Waals surface area contributed by atoms with Gasteiger partial charge in [0.2, 0.25) is 5.89 Å². The first-order chi connectivity index (χ1) is 15.5. The van der Waals surface area contributed by atoms with Crippen molar-refractivity contribution in [2.75, 3.05) is 18.5 Å². The van der Waals surface area contributed by atoms with Crippen LogP contribution in [0, 0.1) is 13.8 Å². The average molecular weight is 443 g/mol. The predicted molar refractivity (Wildman–Crippen MR) is 127 cm³/mol. The van der Waals surface area contributed by atoms with Gasteiger partial charge in [0.1, 0.15) is 11.5 Å². The van der Waals surface area contributed by atoms with Gasteiger partial charge in [0, 0.05) is 17.7 Å². The Bertz CT molecular complexity index is 919. The molecule has 1 aromatic heterocycles. The van der Waals surface area contributed by atoms with Crippen LogP contribution in [0.25, 0.3) is 11.5 Å². The molecule has 0 bridgehead atoms. The zero-order valence-corrected chi connectivity index (χ0v) is 19.8. The van der Waals surface area contributed by atoms with E-state index in [1.165, 1.54) is 5.56 Å². The Morgan fingerprint density at radius 1 is 1.00 bits per heavy atom. The molecule has 0 saturated carbocycles. The maximum atomic E-state index is 11.3. The van der Waals surface area contributed by atoms with Crippen molar-refractivity contribution < 1.29 is 24.1 Å². The van der Waals surface area contributed by atoms with E-state index in [9.17, 15) is 4.79 Å². The lowest BCUT2D eigenvalue weighted by atomic mass is 10.1. The minimum absolute atomic E-state index is 0.417. The molecule has 0 atom stereocenters. The average Bonchev–Trinajstić information content (AvgIpc) is 3.19. The first-order valence-electron chi connectivity index (χ1n) is 10.9. The SMILES string of the molecule is CC.CC.Cc1ccc(-c2nc(CCOc3ccc(NC(=O)COO)cc3)c(C)o2)cc1. The summed E-state index contributed by atoms with van der Waals surface area (Å²) in [6.07, 6.45) is 0.619. The molecule has 0 aliphatic carbocycles. The summed E-state index contributed by atoms with van der Waals surface area (Å²) >= 11 is 0. The van der Waals surface area contributed by atoms with Crippen LogP contribution in [-0.2, 0) is 16.1 Å². The first-order valence-corrected chi connectivity index (χ1v) is 10.9. The molecule has 0 spiro atoms. The van der Waals surface area contributed by atoms with Gasteiger partial charge in [-0.1, -0.05) is 45.4 Å². The zero-order valence-electron chi connectivity index (χ0n) is 19.8. The van der Waals surface area contributed by atoms with E-state index in [-0.39, 0.29) is 0 Å². The second-order valence-corrected chi connectivity index (χ2v) is 6.33. The maximum Gasteiger partial charge on any atom is 0.253 e. The molecule has 0 aliphatic rings. The third-order valence-corrected chi connectivity index (χ3v) is 4.13. The van der Waals surface area contributed by atoms with Gasteiger partial charge in [0.05, 0.1) is 12.3 Å². The highest BCUT2D eigenvalue weighted by Gasteiger charge is 2.11. The van der Waals surface area contributed by atoms with Crippen molar-refractivity contribution in [3.05, 3.63) is 65.5 Å². The molecule has 32 heavy (non-hydrogen) atoms. The minimum atomic E-state index is -0.443. The number of amides is 1. The van der Waals surface area contributed by atoms with Gasteiger partial charge in [-0.05, 0) is 50.2 Å². The number of nitrogens with zero attached hydrogens (tertiary/aromatic N) is 1. The number of aromatic nitrogens is 1. The van der Waals surface area contributed by atoms with Gasteiger partial charge in [-0.3, -0.25) is 10.1 Å². The van der Waals surface area contributed by atoms with Crippen LogP contribution in [0.2, 0.25) is 0 Å². The van der Waals surface area contributed by atoms with Crippen LogP contribution in [-0.4, -0.2) is 29.4 Å². The van der Waals surface area contributed by atoms with E-state index in [4.69, 9.17) is 14.4 Å². The van der Waals surface area contributed by atoms with Crippen molar-refractivity contribution >= 4 is 11.6 Å². The number of nitrogens with one attached hydrogen (secondary N) is 1. The third-order valence-electron chi connectivity index (χ3n) is 4.13. The Morgan fingerprint density at radius 3 is 2.22 bits per heavy atom. The molecule has 174 valence electrons. The van der Waals surface area contributed by atoms with Crippen LogP contribution in [0.3, 0.4) is 0 Å². The summed E-state index contributed by atoms with van der Waals surface area (Å²) in [5.41, 5.74) is 3.59. The van der Waals surface area contributed by atoms with Crippen LogP contribution >= 0.6 is 0 Å². The fourth-order valence-electron chi connectivity index (χ4n) is 2.64. The zero-order chi connectivity index (χ0) is 23.9. The summed E-state index contributed by atoms with van der Waals surface area (Å²) in [7, 11) is 0. The van der Waals surface area contributed by atoms with E-state index in [0.29, 0.717) is 30.4 Å². The summed E-state index contributed by atoms with van der Waals surface area (Å²) in [4.78, 5) is 19.7. The van der Waals surface area contributed by atoms with Gasteiger partial charge in [0.15, 0.2) is 6.61 Å². The molecule has 0 aliphatic heterocycles. The normalized spacial score (nSPS) is 9.72. The topological polar surface area (TPSA) is 93.8 Å². The van der Waals surface area contributed by atoms with Crippen molar-refractivity contribution in [2.24, 2.45) is 0 Å². The molecule has 1 heterocycles. The molecule has 2 aromatic carbocycles. The lowest BCUT2D eigenvalue weighted by Gasteiger charge is -2.07. The molecule has 7 nitrogen and oxygen atoms in total. The standard InChI is InChI=1S/C21H22N2O5.2C2H6/c1-14-3-5-16(6-4-14)21-23-19(15(2)28-21)11-12-26-18-9-7-17(8-10-18)22-20(24)13-27-25;2*1-2/h3-10,25H,11-13H2,1-2H3,(H,22,24);2*1-2H3. The van der Waals surface area contributed by atoms with Gasteiger partial charge in [0.25, 0.3) is 5.91 Å². The number of ether oxygens (including phenoxy) is 1. The Balaban J connectivity index is 0.00000121. The second-order valence-electron chi connectivity index (χ2n) is 6.33. The molecular formula is C25H34N2O5. The number of oxazole rings is 1. The quantitative estimate of drug-likeness (QED) is 0.325. The van der Waals surface area contributed by atoms with E-state index < -0.39 is 12.5 Å². The predicted octanol–water partition coefficient (Wildman–Crippen LogP) is 6.06. The molecule has 0 unspecified atom stereocenters. The monoisotopic (exact) mass is 442 g/mol. The summed E-state index contributed by atoms with van der Waals surface area (Å²) in [6.45, 7) is 12.0. The number of rotatable bonds is 8. The number of hydrogen-bond donors (Lipinski definition) is 2. The smallest absolute Gasteiger partial charge is 0.253 e. The fourth-order valence-corrected chi connectivity index (χ4v) is 2.64. The van der Waals surface area contributed by atoms with Crippen LogP contribution in [0.5, 0.6) is 5.75 Å². The molecule has 1 amide bonds. The highest BCUT2D eigenvalue weighted by molar-refractivity contribution is 5.91. The lowest BCUT2D eigenvalue weighted by molar-refractivity contribution is -0.237. The number of carbonyl (C=O) groups excluding carboxylic acids is 1. The molecule has 3 aromatic rings. The van der Waals surface area contributed by atoms with Crippen molar-refractivity contribution in [2.45, 2.75) is 48.0 Å². The number of hydrogen-bond acceptors (Lipinski definition) is 6. The highest BCUT2D eigenvalue weighted by Crippen LogP contribution is 2.23. The van der Waals surface area contributed by atoms with Gasteiger partial charge >= 0.3 is 0 Å². The summed E-state index contributed by atoms with van der Waals surface area (Å²) in [5.74, 6) is 1.63. The van der Waals surface area contributed by atoms with Gasteiger partial charge in [-0.2, -0.15) is 0 Å². The van der Waals surface area contributed by atoms with Crippen molar-refractivity contribution in [3.63, 3.8) is 0 Å². The Kier molecular flexibility index (Phi) is 12.4. The molecular weight excluding hydrogens is 408 g/mol. The molecule has 0 saturated heterocycles. The summed E-state index contributed by atoms with van der Waals surface area (Å²) in [6, 6.07) is 15.0. The van der Waals surface area contributed by atoms with E-state index in [1.807, 2.05) is 65.8 Å². The van der Waals surface area contributed by atoms with E-state index in [0.717, 1.165) is 17.0 Å². The largest absolute Gasteiger partial charge is 0.493 e. The van der Waals surface area contributed by atoms with E-state index in [1.54, 1.807) is 24.3 Å². The number of anilines is 1. The second kappa shape index (κ2) is 14.8. The van der Waals surface area contributed by atoms with Gasteiger partial charge in [-0.15, -0.1) is 0 Å². The Morgan fingerprint density at radius 2 is 1.62 bits per heavy atom. The van der Waals surface area contributed by atoms with Crippen molar-refractivity contribution in [1.82, 2.24) is 4.98 Å². The van der Waals surface area contributed by atoms with Crippen LogP contribution in [0.15, 0.2) is 52.9 Å². The number of aryl methyl sites for hydroxylation is 2. The molecule has 7 heteroatoms. The minimum Gasteiger partial charge on any atom is -0.493 e. The Hall–Kier alpha value is -3.16. The molecule has 2 N–H and O–H groups in total. The molecule has 0 radical (unpaired) electrons. The maximum absolute atomic E-state index is 11.3. The van der Waals surface area contributed by atoms with Crippen LogP contribution < -0.4 is 10.1 Å². The molecule has 0 fully saturated rings. The summed E-state index contributed by atoms with van der Waals surface area (Å²) in [5, 5.41) is 10.8. The van der Waals surface area contributed by atoms with Gasteiger partial charge in [-0.25, -0.2) is 9.87 Å². The van der Waals surface area contributed by atoms with Crippen LogP contribution in [0.4, 0.5) is 5.69 Å². The Labute approximate surface area is 190 Å². The molecule has 3 rings (SSSR count). The van der Waals surface area contributed by atoms with E-state index >= 15 is 0 Å². The highest BCUT2D eigenvalue weighted by atomic mass is 17.1. The van der Waals surface area contributed by atoms with Crippen molar-refractivity contribution in [1.29, 1.82) is 0 Å².